The van der Waals surface area contributed by atoms with Crippen molar-refractivity contribution in [3.63, 3.8) is 0 Å². The van der Waals surface area contributed by atoms with E-state index in [1.165, 1.54) is 11.0 Å². The molecule has 1 saturated heterocycles. The summed E-state index contributed by atoms with van der Waals surface area (Å²) >= 11 is 0. The van der Waals surface area contributed by atoms with E-state index in [9.17, 15) is 9.59 Å². The lowest BCUT2D eigenvalue weighted by Crippen LogP contribution is -2.41. The Balaban J connectivity index is 2.16. The number of imide groups is 1. The fraction of sp³-hybridized carbons (Fsp3) is 0.556. The molecule has 4 heteroatoms. The molecule has 0 aliphatic carbocycles. The van der Waals surface area contributed by atoms with Gasteiger partial charge in [0.2, 0.25) is 0 Å². The molecule has 0 aromatic carbocycles. The summed E-state index contributed by atoms with van der Waals surface area (Å²) in [5.41, 5.74) is 0.512. The van der Waals surface area contributed by atoms with Crippen LogP contribution in [0, 0.1) is 0 Å². The van der Waals surface area contributed by atoms with Gasteiger partial charge in [0.15, 0.2) is 0 Å². The van der Waals surface area contributed by atoms with Gasteiger partial charge in [0.1, 0.15) is 6.10 Å². The van der Waals surface area contributed by atoms with Crippen molar-refractivity contribution in [3.8, 4) is 0 Å². The SMILES string of the molecule is CC1=CC(=O)N(C(C)C2CO2)C1=O. The zero-order valence-corrected chi connectivity index (χ0v) is 7.61. The topological polar surface area (TPSA) is 49.9 Å². The zero-order chi connectivity index (χ0) is 9.59. The average Bonchev–Trinajstić information content (AvgIpc) is 2.82. The minimum atomic E-state index is -0.217. The molecule has 0 radical (unpaired) electrons. The fourth-order valence-corrected chi connectivity index (χ4v) is 1.49. The summed E-state index contributed by atoms with van der Waals surface area (Å²) in [5, 5.41) is 0. The average molecular weight is 181 g/mol. The zero-order valence-electron chi connectivity index (χ0n) is 7.61. The molecule has 1 fully saturated rings. The van der Waals surface area contributed by atoms with Crippen LogP contribution in [0.4, 0.5) is 0 Å². The first-order chi connectivity index (χ1) is 6.11. The predicted molar refractivity (Wildman–Crippen MR) is 44.8 cm³/mol. The Morgan fingerprint density at radius 2 is 2.23 bits per heavy atom. The predicted octanol–water partition coefficient (Wildman–Crippen LogP) is 0.0888. The maximum absolute atomic E-state index is 11.5. The van der Waals surface area contributed by atoms with Gasteiger partial charge in [0.05, 0.1) is 12.6 Å². The Kier molecular flexibility index (Phi) is 1.73. The van der Waals surface area contributed by atoms with E-state index in [1.54, 1.807) is 6.92 Å². The van der Waals surface area contributed by atoms with E-state index in [2.05, 4.69) is 0 Å². The number of nitrogens with zero attached hydrogens (tertiary/aromatic N) is 1. The number of hydrogen-bond acceptors (Lipinski definition) is 3. The number of rotatable bonds is 2. The van der Waals surface area contributed by atoms with E-state index in [0.717, 1.165) is 0 Å². The van der Waals surface area contributed by atoms with Crippen LogP contribution in [0.15, 0.2) is 11.6 Å². The van der Waals surface area contributed by atoms with Gasteiger partial charge in [-0.3, -0.25) is 14.5 Å². The van der Waals surface area contributed by atoms with Crippen molar-refractivity contribution < 1.29 is 14.3 Å². The lowest BCUT2D eigenvalue weighted by atomic mass is 10.2. The third kappa shape index (κ3) is 1.27. The second-order valence-electron chi connectivity index (χ2n) is 3.45. The number of carbonyl (C=O) groups excluding carboxylic acids is 2. The van der Waals surface area contributed by atoms with E-state index in [0.29, 0.717) is 12.2 Å². The second kappa shape index (κ2) is 2.67. The van der Waals surface area contributed by atoms with Crippen molar-refractivity contribution in [1.29, 1.82) is 0 Å². The van der Waals surface area contributed by atoms with Gasteiger partial charge >= 0.3 is 0 Å². The first-order valence-electron chi connectivity index (χ1n) is 4.28. The summed E-state index contributed by atoms with van der Waals surface area (Å²) in [4.78, 5) is 24.1. The van der Waals surface area contributed by atoms with Gasteiger partial charge in [-0.05, 0) is 13.8 Å². The summed E-state index contributed by atoms with van der Waals surface area (Å²) in [7, 11) is 0. The van der Waals surface area contributed by atoms with Crippen molar-refractivity contribution in [2.75, 3.05) is 6.61 Å². The molecular formula is C9H11NO3. The summed E-state index contributed by atoms with van der Waals surface area (Å²) in [5.74, 6) is -0.404. The molecule has 2 atom stereocenters. The fourth-order valence-electron chi connectivity index (χ4n) is 1.49. The quantitative estimate of drug-likeness (QED) is 0.448. The highest BCUT2D eigenvalue weighted by atomic mass is 16.6. The first kappa shape index (κ1) is 8.44. The van der Waals surface area contributed by atoms with Crippen LogP contribution >= 0.6 is 0 Å². The molecule has 2 unspecified atom stereocenters. The monoisotopic (exact) mass is 181 g/mol. The van der Waals surface area contributed by atoms with Crippen LogP contribution in [-0.2, 0) is 14.3 Å². The lowest BCUT2D eigenvalue weighted by Gasteiger charge is -2.20. The van der Waals surface area contributed by atoms with Crippen molar-refractivity contribution in [2.45, 2.75) is 26.0 Å². The third-order valence-corrected chi connectivity index (χ3v) is 2.44. The van der Waals surface area contributed by atoms with Crippen LogP contribution in [-0.4, -0.2) is 35.5 Å². The van der Waals surface area contributed by atoms with Crippen molar-refractivity contribution in [3.05, 3.63) is 11.6 Å². The maximum atomic E-state index is 11.5. The Bertz CT molecular complexity index is 304. The Morgan fingerprint density at radius 3 is 2.62 bits per heavy atom. The Labute approximate surface area is 76.2 Å². The molecule has 2 rings (SSSR count). The molecule has 4 nitrogen and oxygen atoms in total. The summed E-state index contributed by atoms with van der Waals surface area (Å²) in [6.45, 7) is 4.14. The number of ether oxygens (including phenoxy) is 1. The highest BCUT2D eigenvalue weighted by molar-refractivity contribution is 6.16. The number of amides is 2. The smallest absolute Gasteiger partial charge is 0.256 e. The van der Waals surface area contributed by atoms with Crippen LogP contribution in [0.25, 0.3) is 0 Å². The van der Waals surface area contributed by atoms with Gasteiger partial charge in [-0.2, -0.15) is 0 Å². The molecule has 2 aliphatic heterocycles. The molecule has 0 bridgehead atoms. The molecular weight excluding hydrogens is 170 g/mol. The summed E-state index contributed by atoms with van der Waals surface area (Å²) in [6.07, 6.45) is 1.42. The van der Waals surface area contributed by atoms with Gasteiger partial charge < -0.3 is 4.74 Å². The van der Waals surface area contributed by atoms with E-state index in [4.69, 9.17) is 4.74 Å². The van der Waals surface area contributed by atoms with Gasteiger partial charge in [-0.1, -0.05) is 0 Å². The molecule has 13 heavy (non-hydrogen) atoms. The number of carbonyl (C=O) groups is 2. The Hall–Kier alpha value is -1.16. The van der Waals surface area contributed by atoms with Crippen LogP contribution in [0.1, 0.15) is 13.8 Å². The standard InChI is InChI=1S/C9H11NO3/c1-5-3-8(11)10(9(5)12)6(2)7-4-13-7/h3,6-7H,4H2,1-2H3. The maximum Gasteiger partial charge on any atom is 0.256 e. The van der Waals surface area contributed by atoms with Crippen molar-refractivity contribution in [2.24, 2.45) is 0 Å². The van der Waals surface area contributed by atoms with Gasteiger partial charge in [-0.25, -0.2) is 0 Å². The molecule has 0 saturated carbocycles. The lowest BCUT2D eigenvalue weighted by molar-refractivity contribution is -0.139. The molecule has 0 aromatic rings. The summed E-state index contributed by atoms with van der Waals surface area (Å²) < 4.78 is 5.05. The molecule has 70 valence electrons. The van der Waals surface area contributed by atoms with Crippen molar-refractivity contribution in [1.82, 2.24) is 4.90 Å². The summed E-state index contributed by atoms with van der Waals surface area (Å²) in [6, 6.07) is -0.131. The molecule has 2 heterocycles. The van der Waals surface area contributed by atoms with Gasteiger partial charge in [0.25, 0.3) is 11.8 Å². The molecule has 2 aliphatic rings. The minimum Gasteiger partial charge on any atom is -0.371 e. The van der Waals surface area contributed by atoms with Crippen molar-refractivity contribution >= 4 is 11.8 Å². The molecule has 2 amide bonds. The number of epoxide rings is 1. The second-order valence-corrected chi connectivity index (χ2v) is 3.45. The van der Waals surface area contributed by atoms with Crippen LogP contribution in [0.5, 0.6) is 0 Å². The normalized spacial score (nSPS) is 29.2. The molecule has 0 N–H and O–H groups in total. The van der Waals surface area contributed by atoms with Crippen LogP contribution in [0.3, 0.4) is 0 Å². The molecule has 0 spiro atoms. The van der Waals surface area contributed by atoms with E-state index >= 15 is 0 Å². The highest BCUT2D eigenvalue weighted by Crippen LogP contribution is 2.23. The van der Waals surface area contributed by atoms with Crippen LogP contribution < -0.4 is 0 Å². The van der Waals surface area contributed by atoms with E-state index in [-0.39, 0.29) is 24.0 Å². The van der Waals surface area contributed by atoms with Gasteiger partial charge in [-0.15, -0.1) is 0 Å². The third-order valence-electron chi connectivity index (χ3n) is 2.44. The highest BCUT2D eigenvalue weighted by Gasteiger charge is 2.41. The minimum absolute atomic E-state index is 0.0483. The first-order valence-corrected chi connectivity index (χ1v) is 4.28. The number of hydrogen-bond donors (Lipinski definition) is 0. The Morgan fingerprint density at radius 1 is 1.62 bits per heavy atom. The van der Waals surface area contributed by atoms with E-state index in [1.807, 2.05) is 6.92 Å². The largest absolute Gasteiger partial charge is 0.371 e. The van der Waals surface area contributed by atoms with Crippen LogP contribution in [0.2, 0.25) is 0 Å². The van der Waals surface area contributed by atoms with Gasteiger partial charge in [0, 0.05) is 11.6 Å². The molecule has 0 aromatic heterocycles. The van der Waals surface area contributed by atoms with E-state index < -0.39 is 0 Å².